The first-order valence-corrected chi connectivity index (χ1v) is 12.7. The maximum atomic E-state index is 13.1. The van der Waals surface area contributed by atoms with E-state index in [4.69, 9.17) is 4.74 Å². The third-order valence-corrected chi connectivity index (χ3v) is 9.73. The molecule has 0 aliphatic heterocycles. The number of hydrogen-bond donors (Lipinski definition) is 0. The van der Waals surface area contributed by atoms with Crippen molar-refractivity contribution in [1.29, 1.82) is 0 Å². The van der Waals surface area contributed by atoms with Crippen LogP contribution in [0.5, 0.6) is 0 Å². The van der Waals surface area contributed by atoms with E-state index in [9.17, 15) is 4.79 Å². The number of ether oxygens (including phenoxy) is 1. The second-order valence-electron chi connectivity index (χ2n) is 12.0. The van der Waals surface area contributed by atoms with Gasteiger partial charge in [-0.3, -0.25) is 4.79 Å². The van der Waals surface area contributed by atoms with Crippen molar-refractivity contribution in [3.63, 3.8) is 0 Å². The normalized spacial score (nSPS) is 47.5. The van der Waals surface area contributed by atoms with Crippen molar-refractivity contribution >= 4 is 5.78 Å². The summed E-state index contributed by atoms with van der Waals surface area (Å²) in [5.41, 5.74) is 0.361. The number of hydrogen-bond acceptors (Lipinski definition) is 2. The Kier molecular flexibility index (Phi) is 5.39. The smallest absolute Gasteiger partial charge is 0.159 e. The molecule has 0 aromatic rings. The van der Waals surface area contributed by atoms with Crippen molar-refractivity contribution < 1.29 is 9.53 Å². The van der Waals surface area contributed by atoms with E-state index in [2.05, 4.69) is 6.92 Å². The van der Waals surface area contributed by atoms with Crippen molar-refractivity contribution in [2.75, 3.05) is 6.61 Å². The summed E-state index contributed by atoms with van der Waals surface area (Å²) >= 11 is 0. The Morgan fingerprint density at radius 2 is 1.43 bits per heavy atom. The third-order valence-electron chi connectivity index (χ3n) is 9.73. The van der Waals surface area contributed by atoms with Crippen LogP contribution in [0.1, 0.15) is 110 Å². The Balaban J connectivity index is 1.19. The second-order valence-corrected chi connectivity index (χ2v) is 12.0. The SMILES string of the molecule is CC[C@]1(OCC(=O)CC23CC4CC(CC(C4)C2)C3)CC[C@H]2CCCC[C@H](C2)C1. The topological polar surface area (TPSA) is 26.3 Å². The van der Waals surface area contributed by atoms with Crippen LogP contribution >= 0.6 is 0 Å². The molecule has 0 saturated heterocycles. The van der Waals surface area contributed by atoms with Crippen LogP contribution in [0.25, 0.3) is 0 Å². The largest absolute Gasteiger partial charge is 0.367 e. The van der Waals surface area contributed by atoms with Crippen LogP contribution in [0.3, 0.4) is 0 Å². The van der Waals surface area contributed by atoms with Gasteiger partial charge in [0.1, 0.15) is 6.61 Å². The molecule has 3 atom stereocenters. The number of fused-ring (bicyclic) bond motifs is 2. The second kappa shape index (κ2) is 7.71. The Bertz CT molecular complexity index is 546. The van der Waals surface area contributed by atoms with E-state index in [1.54, 1.807) is 0 Å². The molecule has 0 heterocycles. The van der Waals surface area contributed by atoms with E-state index < -0.39 is 0 Å². The summed E-state index contributed by atoms with van der Waals surface area (Å²) in [6, 6.07) is 0. The van der Waals surface area contributed by atoms with Gasteiger partial charge < -0.3 is 4.74 Å². The van der Waals surface area contributed by atoms with Crippen LogP contribution in [0, 0.1) is 35.0 Å². The van der Waals surface area contributed by atoms with Crippen molar-refractivity contribution in [2.24, 2.45) is 35.0 Å². The Morgan fingerprint density at radius 3 is 2.07 bits per heavy atom. The van der Waals surface area contributed by atoms with Crippen LogP contribution in [-0.2, 0) is 9.53 Å². The quantitative estimate of drug-likeness (QED) is 0.507. The molecule has 0 unspecified atom stereocenters. The van der Waals surface area contributed by atoms with Crippen LogP contribution in [0.2, 0.25) is 0 Å². The van der Waals surface area contributed by atoms with Crippen LogP contribution < -0.4 is 0 Å². The molecule has 0 amide bonds. The molecule has 2 heteroatoms. The molecule has 0 spiro atoms. The van der Waals surface area contributed by atoms with Gasteiger partial charge in [-0.05, 0) is 106 Å². The van der Waals surface area contributed by atoms with E-state index in [0.29, 0.717) is 17.8 Å². The average Bonchev–Trinajstić information content (AvgIpc) is 2.98. The van der Waals surface area contributed by atoms with Gasteiger partial charge in [-0.25, -0.2) is 0 Å². The predicted molar refractivity (Wildman–Crippen MR) is 113 cm³/mol. The molecule has 6 saturated carbocycles. The summed E-state index contributed by atoms with van der Waals surface area (Å²) in [5, 5.41) is 0. The molecule has 0 radical (unpaired) electrons. The summed E-state index contributed by atoms with van der Waals surface area (Å²) in [7, 11) is 0. The van der Waals surface area contributed by atoms with Crippen molar-refractivity contribution in [3.05, 3.63) is 0 Å². The lowest BCUT2D eigenvalue weighted by atomic mass is 9.48. The minimum Gasteiger partial charge on any atom is -0.367 e. The van der Waals surface area contributed by atoms with Crippen molar-refractivity contribution in [2.45, 2.75) is 115 Å². The van der Waals surface area contributed by atoms with Gasteiger partial charge in [0.2, 0.25) is 0 Å². The number of ketones is 1. The Morgan fingerprint density at radius 1 is 0.821 bits per heavy atom. The van der Waals surface area contributed by atoms with Gasteiger partial charge in [-0.1, -0.05) is 32.6 Å². The highest BCUT2D eigenvalue weighted by Gasteiger charge is 2.51. The molecule has 6 fully saturated rings. The molecule has 0 aromatic carbocycles. The number of carbonyl (C=O) groups is 1. The molecule has 158 valence electrons. The van der Waals surface area contributed by atoms with E-state index in [0.717, 1.165) is 42.4 Å². The lowest BCUT2D eigenvalue weighted by Gasteiger charge is -2.56. The summed E-state index contributed by atoms with van der Waals surface area (Å²) in [6.07, 6.45) is 21.1. The summed E-state index contributed by atoms with van der Waals surface area (Å²) in [4.78, 5) is 13.1. The van der Waals surface area contributed by atoms with Crippen LogP contribution in [-0.4, -0.2) is 18.0 Å². The van der Waals surface area contributed by atoms with Gasteiger partial charge in [0.05, 0.1) is 5.60 Å². The zero-order valence-corrected chi connectivity index (χ0v) is 18.2. The zero-order valence-electron chi connectivity index (χ0n) is 18.2. The van der Waals surface area contributed by atoms with Gasteiger partial charge in [0, 0.05) is 6.42 Å². The van der Waals surface area contributed by atoms with Crippen LogP contribution in [0.4, 0.5) is 0 Å². The fraction of sp³-hybridized carbons (Fsp3) is 0.962. The van der Waals surface area contributed by atoms with Gasteiger partial charge in [-0.15, -0.1) is 0 Å². The molecule has 2 nitrogen and oxygen atoms in total. The van der Waals surface area contributed by atoms with Gasteiger partial charge >= 0.3 is 0 Å². The number of rotatable bonds is 6. The van der Waals surface area contributed by atoms with Crippen molar-refractivity contribution in [1.82, 2.24) is 0 Å². The molecular weight excluding hydrogens is 344 g/mol. The summed E-state index contributed by atoms with van der Waals surface area (Å²) in [6.45, 7) is 2.69. The maximum absolute atomic E-state index is 13.1. The minimum absolute atomic E-state index is 0.00606. The van der Waals surface area contributed by atoms with Crippen molar-refractivity contribution in [3.8, 4) is 0 Å². The Labute approximate surface area is 172 Å². The number of carbonyl (C=O) groups excluding carboxylic acids is 1. The highest BCUT2D eigenvalue weighted by molar-refractivity contribution is 5.80. The summed E-state index contributed by atoms with van der Waals surface area (Å²) < 4.78 is 6.57. The third kappa shape index (κ3) is 3.96. The first-order chi connectivity index (χ1) is 13.6. The highest BCUT2D eigenvalue weighted by atomic mass is 16.5. The lowest BCUT2D eigenvalue weighted by Crippen LogP contribution is -2.47. The fourth-order valence-electron chi connectivity index (χ4n) is 8.88. The fourth-order valence-corrected chi connectivity index (χ4v) is 8.88. The molecule has 6 rings (SSSR count). The molecule has 6 aliphatic rings. The van der Waals surface area contributed by atoms with E-state index in [1.807, 2.05) is 0 Å². The van der Waals surface area contributed by atoms with Gasteiger partial charge in [0.15, 0.2) is 5.78 Å². The lowest BCUT2D eigenvalue weighted by molar-refractivity contribution is -0.141. The Hall–Kier alpha value is -0.370. The molecular formula is C26H42O2. The number of Topliss-reactive ketones (excluding diaryl/α,β-unsaturated/α-hetero) is 1. The van der Waals surface area contributed by atoms with E-state index in [1.165, 1.54) is 89.9 Å². The summed E-state index contributed by atoms with van der Waals surface area (Å²) in [5.74, 6) is 4.99. The van der Waals surface area contributed by atoms with E-state index in [-0.39, 0.29) is 5.60 Å². The standard InChI is InChI=1S/C26H42O2/c1-2-26(8-7-19-5-3-4-6-20(9-19)16-26)28-18-24(27)17-25-13-21-10-22(14-25)12-23(11-21)15-25/h19-23H,2-18H2,1H3/t19-,20-,21?,22?,23?,25?,26+/m1/s1. The van der Waals surface area contributed by atoms with E-state index >= 15 is 0 Å². The predicted octanol–water partition coefficient (Wildman–Crippen LogP) is 6.71. The first kappa shape index (κ1) is 19.6. The highest BCUT2D eigenvalue weighted by Crippen LogP contribution is 2.61. The first-order valence-electron chi connectivity index (χ1n) is 12.7. The molecule has 6 aliphatic carbocycles. The molecule has 0 aromatic heterocycles. The molecule has 0 N–H and O–H groups in total. The van der Waals surface area contributed by atoms with Gasteiger partial charge in [0.25, 0.3) is 0 Å². The average molecular weight is 387 g/mol. The monoisotopic (exact) mass is 386 g/mol. The minimum atomic E-state index is -0.00606. The molecule has 6 bridgehead atoms. The van der Waals surface area contributed by atoms with Crippen LogP contribution in [0.15, 0.2) is 0 Å². The van der Waals surface area contributed by atoms with Gasteiger partial charge in [-0.2, -0.15) is 0 Å². The zero-order chi connectivity index (χ0) is 19.2. The maximum Gasteiger partial charge on any atom is 0.159 e. The molecule has 28 heavy (non-hydrogen) atoms.